The first-order valence-corrected chi connectivity index (χ1v) is 7.84. The zero-order valence-electron chi connectivity index (χ0n) is 13.2. The number of aliphatic carboxylic acids is 1. The molecule has 0 aromatic rings. The fourth-order valence-corrected chi connectivity index (χ4v) is 3.20. The van der Waals surface area contributed by atoms with Crippen molar-refractivity contribution in [2.45, 2.75) is 64.6 Å². The van der Waals surface area contributed by atoms with Crippen LogP contribution in [0.25, 0.3) is 0 Å². The van der Waals surface area contributed by atoms with Gasteiger partial charge in [-0.15, -0.1) is 0 Å². The van der Waals surface area contributed by atoms with Crippen molar-refractivity contribution < 1.29 is 14.7 Å². The standard InChI is InChI=1S/C15H27N3O3/c1-4-18(9-13(19)20)11-7-10(8-11)16-14(21)17-12-5-6-15(12,2)3/h10-12H,4-9H2,1-3H3,(H,19,20)(H2,16,17,21). The highest BCUT2D eigenvalue weighted by Gasteiger charge is 2.40. The van der Waals surface area contributed by atoms with Crippen LogP contribution in [0.5, 0.6) is 0 Å². The normalized spacial score (nSPS) is 30.2. The molecule has 0 aliphatic heterocycles. The van der Waals surface area contributed by atoms with Gasteiger partial charge in [0.25, 0.3) is 0 Å². The van der Waals surface area contributed by atoms with Crippen LogP contribution in [-0.2, 0) is 4.79 Å². The molecule has 1 unspecified atom stereocenters. The maximum absolute atomic E-state index is 11.9. The van der Waals surface area contributed by atoms with E-state index in [0.29, 0.717) is 0 Å². The number of carbonyl (C=O) groups is 2. The molecule has 0 saturated heterocycles. The molecule has 0 aromatic carbocycles. The molecule has 21 heavy (non-hydrogen) atoms. The highest BCUT2D eigenvalue weighted by molar-refractivity contribution is 5.75. The second kappa shape index (κ2) is 6.22. The van der Waals surface area contributed by atoms with Gasteiger partial charge in [0.15, 0.2) is 0 Å². The van der Waals surface area contributed by atoms with E-state index in [1.807, 2.05) is 11.8 Å². The highest BCUT2D eigenvalue weighted by atomic mass is 16.4. The minimum Gasteiger partial charge on any atom is -0.480 e. The summed E-state index contributed by atoms with van der Waals surface area (Å²) < 4.78 is 0. The lowest BCUT2D eigenvalue weighted by atomic mass is 9.67. The van der Waals surface area contributed by atoms with Crippen molar-refractivity contribution in [2.75, 3.05) is 13.1 Å². The number of carbonyl (C=O) groups excluding carboxylic acids is 1. The quantitative estimate of drug-likeness (QED) is 0.692. The molecule has 0 aromatic heterocycles. The van der Waals surface area contributed by atoms with Gasteiger partial charge in [0, 0.05) is 18.1 Å². The van der Waals surface area contributed by atoms with E-state index in [0.717, 1.165) is 32.2 Å². The number of likely N-dealkylation sites (N-methyl/N-ethyl adjacent to an activating group) is 1. The van der Waals surface area contributed by atoms with E-state index in [1.165, 1.54) is 0 Å². The van der Waals surface area contributed by atoms with Gasteiger partial charge in [-0.3, -0.25) is 9.69 Å². The maximum Gasteiger partial charge on any atom is 0.317 e. The van der Waals surface area contributed by atoms with E-state index >= 15 is 0 Å². The van der Waals surface area contributed by atoms with Gasteiger partial charge in [-0.1, -0.05) is 20.8 Å². The number of carboxylic acids is 1. The number of hydrogen-bond acceptors (Lipinski definition) is 3. The van der Waals surface area contributed by atoms with Gasteiger partial charge in [0.05, 0.1) is 6.54 Å². The molecular weight excluding hydrogens is 270 g/mol. The summed E-state index contributed by atoms with van der Waals surface area (Å²) >= 11 is 0. The number of urea groups is 1. The monoisotopic (exact) mass is 297 g/mol. The smallest absolute Gasteiger partial charge is 0.317 e. The summed E-state index contributed by atoms with van der Waals surface area (Å²) in [5.41, 5.74) is 0.208. The summed E-state index contributed by atoms with van der Waals surface area (Å²) in [7, 11) is 0. The number of nitrogens with zero attached hydrogens (tertiary/aromatic N) is 1. The van der Waals surface area contributed by atoms with Crippen molar-refractivity contribution in [1.29, 1.82) is 0 Å². The van der Waals surface area contributed by atoms with Crippen LogP contribution in [-0.4, -0.2) is 53.2 Å². The second-order valence-corrected chi connectivity index (χ2v) is 6.98. The van der Waals surface area contributed by atoms with E-state index < -0.39 is 5.97 Å². The average molecular weight is 297 g/mol. The Labute approximate surface area is 126 Å². The lowest BCUT2D eigenvalue weighted by Crippen LogP contribution is -2.60. The molecule has 1 atom stereocenters. The molecule has 0 bridgehead atoms. The molecule has 2 aliphatic rings. The Kier molecular flexibility index (Phi) is 4.76. The summed E-state index contributed by atoms with van der Waals surface area (Å²) in [6.45, 7) is 7.12. The first kappa shape index (κ1) is 16.1. The van der Waals surface area contributed by atoms with Crippen LogP contribution in [0.3, 0.4) is 0 Å². The van der Waals surface area contributed by atoms with Gasteiger partial charge < -0.3 is 15.7 Å². The minimum absolute atomic E-state index is 0.0797. The molecule has 2 rings (SSSR count). The number of hydrogen-bond donors (Lipinski definition) is 3. The zero-order chi connectivity index (χ0) is 15.6. The molecule has 0 radical (unpaired) electrons. The van der Waals surface area contributed by atoms with Crippen LogP contribution in [0, 0.1) is 5.41 Å². The van der Waals surface area contributed by atoms with Crippen molar-refractivity contribution in [3.05, 3.63) is 0 Å². The van der Waals surface area contributed by atoms with E-state index in [1.54, 1.807) is 0 Å². The molecule has 2 saturated carbocycles. The summed E-state index contributed by atoms with van der Waals surface area (Å²) in [6.07, 6.45) is 3.88. The highest BCUT2D eigenvalue weighted by Crippen LogP contribution is 2.39. The third kappa shape index (κ3) is 3.87. The Hall–Kier alpha value is -1.30. The van der Waals surface area contributed by atoms with Crippen molar-refractivity contribution in [3.8, 4) is 0 Å². The van der Waals surface area contributed by atoms with Crippen LogP contribution in [0.4, 0.5) is 4.79 Å². The van der Waals surface area contributed by atoms with Crippen LogP contribution in [0.2, 0.25) is 0 Å². The Balaban J connectivity index is 1.68. The van der Waals surface area contributed by atoms with Gasteiger partial charge in [0.1, 0.15) is 0 Å². The molecule has 0 heterocycles. The first-order valence-electron chi connectivity index (χ1n) is 7.84. The van der Waals surface area contributed by atoms with Crippen molar-refractivity contribution in [2.24, 2.45) is 5.41 Å². The Morgan fingerprint density at radius 3 is 2.38 bits per heavy atom. The third-order valence-electron chi connectivity index (χ3n) is 5.04. The van der Waals surface area contributed by atoms with E-state index in [9.17, 15) is 9.59 Å². The summed E-state index contributed by atoms with van der Waals surface area (Å²) in [4.78, 5) is 24.7. The number of carboxylic acid groups (broad SMARTS) is 1. The molecule has 120 valence electrons. The van der Waals surface area contributed by atoms with Crippen LogP contribution in [0.15, 0.2) is 0 Å². The summed E-state index contributed by atoms with van der Waals surface area (Å²) in [6, 6.07) is 0.627. The minimum atomic E-state index is -0.793. The molecule has 6 nitrogen and oxygen atoms in total. The molecule has 2 fully saturated rings. The van der Waals surface area contributed by atoms with E-state index in [4.69, 9.17) is 5.11 Å². The van der Waals surface area contributed by atoms with Gasteiger partial charge >= 0.3 is 12.0 Å². The van der Waals surface area contributed by atoms with Gasteiger partial charge in [-0.2, -0.15) is 0 Å². The lowest BCUT2D eigenvalue weighted by Gasteiger charge is -2.46. The average Bonchev–Trinajstić information content (AvgIpc) is 2.36. The maximum atomic E-state index is 11.9. The molecule has 2 amide bonds. The fourth-order valence-electron chi connectivity index (χ4n) is 3.20. The fraction of sp³-hybridized carbons (Fsp3) is 0.867. The van der Waals surface area contributed by atoms with Gasteiger partial charge in [0.2, 0.25) is 0 Å². The van der Waals surface area contributed by atoms with Crippen molar-refractivity contribution in [1.82, 2.24) is 15.5 Å². The first-order chi connectivity index (χ1) is 9.81. The zero-order valence-corrected chi connectivity index (χ0v) is 13.2. The third-order valence-corrected chi connectivity index (χ3v) is 5.04. The van der Waals surface area contributed by atoms with Crippen LogP contribution < -0.4 is 10.6 Å². The topological polar surface area (TPSA) is 81.7 Å². The van der Waals surface area contributed by atoms with Gasteiger partial charge in [-0.05, 0) is 37.6 Å². The second-order valence-electron chi connectivity index (χ2n) is 6.98. The molecule has 6 heteroatoms. The number of nitrogens with one attached hydrogen (secondary N) is 2. The van der Waals surface area contributed by atoms with E-state index in [2.05, 4.69) is 24.5 Å². The SMILES string of the molecule is CCN(CC(=O)O)C1CC(NC(=O)NC2CCC2(C)C)C1. The lowest BCUT2D eigenvalue weighted by molar-refractivity contribution is -0.139. The van der Waals surface area contributed by atoms with Gasteiger partial charge in [-0.25, -0.2) is 4.79 Å². The number of rotatable bonds is 6. The Bertz CT molecular complexity index is 405. The molecule has 3 N–H and O–H groups in total. The van der Waals surface area contributed by atoms with Crippen molar-refractivity contribution >= 4 is 12.0 Å². The number of amides is 2. The predicted molar refractivity (Wildman–Crippen MR) is 80.2 cm³/mol. The summed E-state index contributed by atoms with van der Waals surface area (Å²) in [5, 5.41) is 14.9. The molecule has 0 spiro atoms. The van der Waals surface area contributed by atoms with Crippen LogP contribution >= 0.6 is 0 Å². The predicted octanol–water partition coefficient (Wildman–Crippen LogP) is 1.41. The summed E-state index contributed by atoms with van der Waals surface area (Å²) in [5.74, 6) is -0.793. The molecule has 2 aliphatic carbocycles. The Morgan fingerprint density at radius 2 is 1.95 bits per heavy atom. The van der Waals surface area contributed by atoms with Crippen LogP contribution in [0.1, 0.15) is 46.5 Å². The van der Waals surface area contributed by atoms with Crippen molar-refractivity contribution in [3.63, 3.8) is 0 Å². The molecular formula is C15H27N3O3. The van der Waals surface area contributed by atoms with E-state index in [-0.39, 0.29) is 36.1 Å². The Morgan fingerprint density at radius 1 is 1.29 bits per heavy atom. The largest absolute Gasteiger partial charge is 0.480 e.